The molecule has 0 saturated carbocycles. The lowest BCUT2D eigenvalue weighted by atomic mass is 9.98. The van der Waals surface area contributed by atoms with Gasteiger partial charge in [-0.25, -0.2) is 9.59 Å². The summed E-state index contributed by atoms with van der Waals surface area (Å²) in [5, 5.41) is 15.2. The lowest BCUT2D eigenvalue weighted by Gasteiger charge is -2.31. The number of ether oxygens (including phenoxy) is 1. The Balaban J connectivity index is 1.51. The minimum Gasteiger partial charge on any atom is -0.464 e. The number of benzene rings is 1. The van der Waals surface area contributed by atoms with Crippen LogP contribution in [0.3, 0.4) is 0 Å². The Morgan fingerprint density at radius 3 is 2.71 bits per heavy atom. The largest absolute Gasteiger partial charge is 0.464 e. The second-order valence-corrected chi connectivity index (χ2v) is 8.54. The molecular formula is C20H24ClN5O4S. The van der Waals surface area contributed by atoms with E-state index in [1.807, 2.05) is 0 Å². The molecule has 0 spiro atoms. The van der Waals surface area contributed by atoms with Gasteiger partial charge in [0.25, 0.3) is 5.91 Å². The van der Waals surface area contributed by atoms with Gasteiger partial charge in [-0.15, -0.1) is 10.2 Å². The molecule has 0 radical (unpaired) electrons. The zero-order chi connectivity index (χ0) is 22.4. The summed E-state index contributed by atoms with van der Waals surface area (Å²) in [6, 6.07) is 5.89. The monoisotopic (exact) mass is 465 g/mol. The van der Waals surface area contributed by atoms with Crippen LogP contribution >= 0.6 is 22.9 Å². The van der Waals surface area contributed by atoms with E-state index in [4.69, 9.17) is 16.3 Å². The van der Waals surface area contributed by atoms with E-state index in [-0.39, 0.29) is 29.5 Å². The Morgan fingerprint density at radius 2 is 2.03 bits per heavy atom. The van der Waals surface area contributed by atoms with Crippen molar-refractivity contribution in [3.8, 4) is 0 Å². The van der Waals surface area contributed by atoms with Gasteiger partial charge < -0.3 is 20.3 Å². The average Bonchev–Trinajstić information content (AvgIpc) is 3.24. The number of piperidine rings is 1. The summed E-state index contributed by atoms with van der Waals surface area (Å²) in [7, 11) is 0. The molecule has 3 amide bonds. The summed E-state index contributed by atoms with van der Waals surface area (Å²) >= 11 is 7.19. The van der Waals surface area contributed by atoms with Crippen molar-refractivity contribution in [3.63, 3.8) is 0 Å². The van der Waals surface area contributed by atoms with Crippen molar-refractivity contribution in [1.82, 2.24) is 20.4 Å². The van der Waals surface area contributed by atoms with Crippen LogP contribution in [0.1, 0.15) is 47.4 Å². The van der Waals surface area contributed by atoms with Gasteiger partial charge >= 0.3 is 12.0 Å². The number of anilines is 1. The van der Waals surface area contributed by atoms with E-state index < -0.39 is 12.0 Å². The van der Waals surface area contributed by atoms with Gasteiger partial charge in [0.05, 0.1) is 6.61 Å². The highest BCUT2D eigenvalue weighted by Crippen LogP contribution is 2.30. The van der Waals surface area contributed by atoms with Crippen LogP contribution in [0.4, 0.5) is 10.5 Å². The summed E-state index contributed by atoms with van der Waals surface area (Å²) in [6.07, 6.45) is 1.40. The molecule has 1 aromatic heterocycles. The molecule has 1 atom stereocenters. The topological polar surface area (TPSA) is 114 Å². The fourth-order valence-corrected chi connectivity index (χ4v) is 4.27. The first-order chi connectivity index (χ1) is 14.9. The zero-order valence-corrected chi connectivity index (χ0v) is 18.8. The van der Waals surface area contributed by atoms with Crippen molar-refractivity contribution >= 4 is 46.5 Å². The summed E-state index contributed by atoms with van der Waals surface area (Å²) in [4.78, 5) is 38.1. The van der Waals surface area contributed by atoms with Crippen LogP contribution in [0.2, 0.25) is 5.02 Å². The van der Waals surface area contributed by atoms with Gasteiger partial charge in [-0.3, -0.25) is 4.79 Å². The maximum absolute atomic E-state index is 12.4. The Morgan fingerprint density at radius 1 is 1.29 bits per heavy atom. The van der Waals surface area contributed by atoms with Crippen LogP contribution in [0.15, 0.2) is 24.3 Å². The van der Waals surface area contributed by atoms with Crippen LogP contribution in [0, 0.1) is 0 Å². The van der Waals surface area contributed by atoms with Crippen LogP contribution in [-0.2, 0) is 9.53 Å². The van der Waals surface area contributed by atoms with E-state index in [1.54, 1.807) is 43.0 Å². The highest BCUT2D eigenvalue weighted by molar-refractivity contribution is 7.13. The minimum atomic E-state index is -0.700. The number of nitrogens with one attached hydrogen (secondary N) is 2. The van der Waals surface area contributed by atoms with E-state index in [9.17, 15) is 14.4 Å². The van der Waals surface area contributed by atoms with E-state index in [1.165, 1.54) is 11.3 Å². The predicted octanol–water partition coefficient (Wildman–Crippen LogP) is 3.28. The summed E-state index contributed by atoms with van der Waals surface area (Å²) < 4.78 is 4.91. The van der Waals surface area contributed by atoms with Crippen molar-refractivity contribution in [3.05, 3.63) is 39.3 Å². The van der Waals surface area contributed by atoms with E-state index in [0.29, 0.717) is 36.6 Å². The molecule has 2 aromatic rings. The summed E-state index contributed by atoms with van der Waals surface area (Å²) in [5.74, 6) is -0.671. The molecule has 31 heavy (non-hydrogen) atoms. The number of nitrogens with zero attached hydrogens (tertiary/aromatic N) is 3. The van der Waals surface area contributed by atoms with E-state index in [0.717, 1.165) is 5.01 Å². The second-order valence-electron chi connectivity index (χ2n) is 7.09. The number of carbonyl (C=O) groups is 3. The van der Waals surface area contributed by atoms with Gasteiger partial charge in [0.15, 0.2) is 0 Å². The normalized spacial score (nSPS) is 15.3. The lowest BCUT2D eigenvalue weighted by Crippen LogP contribution is -2.49. The summed E-state index contributed by atoms with van der Waals surface area (Å²) in [6.45, 7) is 4.63. The molecule has 0 aliphatic carbocycles. The highest BCUT2D eigenvalue weighted by Gasteiger charge is 2.28. The van der Waals surface area contributed by atoms with Crippen molar-refractivity contribution in [2.24, 2.45) is 0 Å². The summed E-state index contributed by atoms with van der Waals surface area (Å²) in [5.41, 5.74) is 0.589. The minimum absolute atomic E-state index is 0.122. The number of hydrogen-bond acceptors (Lipinski definition) is 7. The molecule has 2 heterocycles. The molecule has 166 valence electrons. The lowest BCUT2D eigenvalue weighted by molar-refractivity contribution is -0.144. The second kappa shape index (κ2) is 10.5. The molecule has 2 N–H and O–H groups in total. The molecule has 1 saturated heterocycles. The highest BCUT2D eigenvalue weighted by atomic mass is 35.5. The number of halogens is 1. The standard InChI is InChI=1S/C20H24ClN5O4S/c1-3-30-19(28)12(2)22-20(29)26-9-7-13(8-10-26)17-24-25-18(31-17)16(27)23-15-6-4-5-14(21)11-15/h4-6,11-13H,3,7-10H2,1-2H3,(H,22,29)(H,23,27). The molecule has 1 fully saturated rings. The fraction of sp³-hybridized carbons (Fsp3) is 0.450. The fourth-order valence-electron chi connectivity index (χ4n) is 3.17. The van der Waals surface area contributed by atoms with Crippen molar-refractivity contribution < 1.29 is 19.1 Å². The molecule has 3 rings (SSSR count). The van der Waals surface area contributed by atoms with Gasteiger partial charge in [-0.1, -0.05) is 29.0 Å². The molecule has 0 bridgehead atoms. The van der Waals surface area contributed by atoms with Crippen LogP contribution in [0.5, 0.6) is 0 Å². The van der Waals surface area contributed by atoms with E-state index >= 15 is 0 Å². The first-order valence-corrected chi connectivity index (χ1v) is 11.2. The van der Waals surface area contributed by atoms with Gasteiger partial charge in [0, 0.05) is 29.7 Å². The molecule has 1 unspecified atom stereocenters. The third-order valence-corrected chi connectivity index (χ3v) is 6.15. The average molecular weight is 466 g/mol. The molecule has 1 aromatic carbocycles. The maximum Gasteiger partial charge on any atom is 0.328 e. The Bertz CT molecular complexity index is 945. The predicted molar refractivity (Wildman–Crippen MR) is 117 cm³/mol. The molecule has 1 aliphatic heterocycles. The number of hydrogen-bond donors (Lipinski definition) is 2. The number of carbonyl (C=O) groups excluding carboxylic acids is 3. The van der Waals surface area contributed by atoms with Crippen LogP contribution in [0.25, 0.3) is 0 Å². The van der Waals surface area contributed by atoms with Crippen LogP contribution in [-0.4, -0.2) is 58.7 Å². The zero-order valence-electron chi connectivity index (χ0n) is 17.3. The first kappa shape index (κ1) is 23.0. The van der Waals surface area contributed by atoms with Gasteiger partial charge in [-0.2, -0.15) is 0 Å². The number of rotatable bonds is 6. The quantitative estimate of drug-likeness (QED) is 0.633. The first-order valence-electron chi connectivity index (χ1n) is 9.99. The molecule has 11 heteroatoms. The van der Waals surface area contributed by atoms with Gasteiger partial charge in [-0.05, 0) is 44.9 Å². The van der Waals surface area contributed by atoms with Crippen molar-refractivity contribution in [1.29, 1.82) is 0 Å². The van der Waals surface area contributed by atoms with Crippen LogP contribution < -0.4 is 10.6 Å². The number of likely N-dealkylation sites (tertiary alicyclic amines) is 1. The molecule has 9 nitrogen and oxygen atoms in total. The van der Waals surface area contributed by atoms with Crippen molar-refractivity contribution in [2.45, 2.75) is 38.6 Å². The smallest absolute Gasteiger partial charge is 0.328 e. The van der Waals surface area contributed by atoms with Gasteiger partial charge in [0.2, 0.25) is 5.01 Å². The Hall–Kier alpha value is -2.72. The number of amides is 3. The molecule has 1 aliphatic rings. The Kier molecular flexibility index (Phi) is 7.80. The van der Waals surface area contributed by atoms with Crippen molar-refractivity contribution in [2.75, 3.05) is 25.0 Å². The number of esters is 1. The SMILES string of the molecule is CCOC(=O)C(C)NC(=O)N1CCC(c2nnc(C(=O)Nc3cccc(Cl)c3)s2)CC1. The third kappa shape index (κ3) is 6.14. The maximum atomic E-state index is 12.4. The molecular weight excluding hydrogens is 442 g/mol. The Labute approximate surface area is 189 Å². The van der Waals surface area contributed by atoms with Gasteiger partial charge in [0.1, 0.15) is 11.0 Å². The van der Waals surface area contributed by atoms with E-state index in [2.05, 4.69) is 20.8 Å². The third-order valence-electron chi connectivity index (χ3n) is 4.83. The number of urea groups is 1. The number of aromatic nitrogens is 2.